The number of rotatable bonds is 5. The lowest BCUT2D eigenvalue weighted by Gasteiger charge is -2.26. The third-order valence-corrected chi connectivity index (χ3v) is 4.49. The zero-order valence-electron chi connectivity index (χ0n) is 13.9. The molecule has 0 fully saturated rings. The zero-order chi connectivity index (χ0) is 18.7. The number of ether oxygens (including phenoxy) is 2. The van der Waals surface area contributed by atoms with Crippen molar-refractivity contribution in [2.45, 2.75) is 6.10 Å². The van der Waals surface area contributed by atoms with E-state index in [0.717, 1.165) is 6.26 Å². The van der Waals surface area contributed by atoms with Gasteiger partial charge in [-0.1, -0.05) is 23.7 Å². The zero-order valence-corrected chi connectivity index (χ0v) is 15.4. The summed E-state index contributed by atoms with van der Waals surface area (Å²) in [6, 6.07) is 11.6. The van der Waals surface area contributed by atoms with Crippen molar-refractivity contribution in [3.63, 3.8) is 0 Å². The van der Waals surface area contributed by atoms with Gasteiger partial charge in [0.2, 0.25) is 10.0 Å². The lowest BCUT2D eigenvalue weighted by Crippen LogP contribution is -2.40. The molecule has 1 atom stereocenters. The van der Waals surface area contributed by atoms with Gasteiger partial charge in [-0.3, -0.25) is 9.52 Å². The number of sulfonamides is 1. The first-order valence-electron chi connectivity index (χ1n) is 7.76. The summed E-state index contributed by atoms with van der Waals surface area (Å²) < 4.78 is 36.1. The number of benzene rings is 2. The van der Waals surface area contributed by atoms with E-state index in [1.54, 1.807) is 6.07 Å². The molecular formula is C17H17ClN2O5S. The highest BCUT2D eigenvalue weighted by Gasteiger charge is 2.22. The minimum Gasteiger partial charge on any atom is -0.486 e. The van der Waals surface area contributed by atoms with E-state index in [0.29, 0.717) is 18.1 Å². The number of hydrogen-bond acceptors (Lipinski definition) is 5. The minimum atomic E-state index is -3.42. The van der Waals surface area contributed by atoms with Gasteiger partial charge in [0.05, 0.1) is 23.4 Å². The number of carbonyl (C=O) groups is 1. The highest BCUT2D eigenvalue weighted by molar-refractivity contribution is 7.92. The summed E-state index contributed by atoms with van der Waals surface area (Å²) in [6.07, 6.45) is 0.713. The van der Waals surface area contributed by atoms with Crippen LogP contribution in [0.25, 0.3) is 0 Å². The fraction of sp³-hybridized carbons (Fsp3) is 0.235. The molecule has 0 aromatic heterocycles. The summed E-state index contributed by atoms with van der Waals surface area (Å²) in [4.78, 5) is 12.3. The molecule has 1 aliphatic rings. The van der Waals surface area contributed by atoms with Gasteiger partial charge >= 0.3 is 0 Å². The van der Waals surface area contributed by atoms with E-state index in [9.17, 15) is 13.2 Å². The first-order valence-corrected chi connectivity index (χ1v) is 10.0. The van der Waals surface area contributed by atoms with Gasteiger partial charge in [0, 0.05) is 5.69 Å². The van der Waals surface area contributed by atoms with E-state index < -0.39 is 10.0 Å². The second-order valence-corrected chi connectivity index (χ2v) is 7.93. The Morgan fingerprint density at radius 2 is 1.96 bits per heavy atom. The van der Waals surface area contributed by atoms with Gasteiger partial charge in [-0.25, -0.2) is 8.42 Å². The van der Waals surface area contributed by atoms with Gasteiger partial charge in [0.1, 0.15) is 12.7 Å². The summed E-state index contributed by atoms with van der Waals surface area (Å²) in [7, 11) is -3.42. The summed E-state index contributed by atoms with van der Waals surface area (Å²) in [5.41, 5.74) is 0.525. The maximum atomic E-state index is 12.3. The molecule has 0 spiro atoms. The molecule has 9 heteroatoms. The molecule has 1 unspecified atom stereocenters. The van der Waals surface area contributed by atoms with Crippen LogP contribution in [0, 0.1) is 0 Å². The highest BCUT2D eigenvalue weighted by atomic mass is 35.5. The predicted octanol–water partition coefficient (Wildman–Crippen LogP) is 2.28. The molecule has 2 aromatic carbocycles. The molecule has 1 aliphatic heterocycles. The Hall–Kier alpha value is -2.45. The Balaban J connectivity index is 1.60. The van der Waals surface area contributed by atoms with Crippen molar-refractivity contribution >= 4 is 33.2 Å². The van der Waals surface area contributed by atoms with Crippen molar-refractivity contribution in [3.8, 4) is 11.5 Å². The number of hydrogen-bond donors (Lipinski definition) is 2. The Kier molecular flexibility index (Phi) is 5.24. The standard InChI is InChI=1S/C17H17ClN2O5S/c1-26(22,23)20-11-6-7-13(14(18)8-11)17(21)19-9-12-10-24-15-4-2-3-5-16(15)25-12/h2-8,12,20H,9-10H2,1H3,(H,19,21). The van der Waals surface area contributed by atoms with Crippen LogP contribution in [0.1, 0.15) is 10.4 Å². The average Bonchev–Trinajstić information content (AvgIpc) is 2.58. The van der Waals surface area contributed by atoms with Gasteiger partial charge in [0.25, 0.3) is 5.91 Å². The monoisotopic (exact) mass is 396 g/mol. The number of amides is 1. The molecular weight excluding hydrogens is 380 g/mol. The second-order valence-electron chi connectivity index (χ2n) is 5.78. The Morgan fingerprint density at radius 1 is 1.23 bits per heavy atom. The van der Waals surface area contributed by atoms with E-state index in [2.05, 4.69) is 10.0 Å². The fourth-order valence-corrected chi connectivity index (χ4v) is 3.26. The first kappa shape index (κ1) is 18.3. The third-order valence-electron chi connectivity index (χ3n) is 3.57. The molecule has 0 saturated carbocycles. The van der Waals surface area contributed by atoms with Gasteiger partial charge in [-0.05, 0) is 30.3 Å². The molecule has 26 heavy (non-hydrogen) atoms. The van der Waals surface area contributed by atoms with E-state index in [4.69, 9.17) is 21.1 Å². The lowest BCUT2D eigenvalue weighted by molar-refractivity contribution is 0.0789. The van der Waals surface area contributed by atoms with E-state index in [1.165, 1.54) is 18.2 Å². The van der Waals surface area contributed by atoms with Crippen LogP contribution >= 0.6 is 11.6 Å². The van der Waals surface area contributed by atoms with Crippen LogP contribution < -0.4 is 19.5 Å². The van der Waals surface area contributed by atoms with E-state index in [1.807, 2.05) is 18.2 Å². The predicted molar refractivity (Wildman–Crippen MR) is 98.6 cm³/mol. The second kappa shape index (κ2) is 7.43. The molecule has 0 aliphatic carbocycles. The molecule has 1 amide bonds. The van der Waals surface area contributed by atoms with Crippen LogP contribution in [0.2, 0.25) is 5.02 Å². The summed E-state index contributed by atoms with van der Waals surface area (Å²) >= 11 is 6.09. The molecule has 7 nitrogen and oxygen atoms in total. The van der Waals surface area contributed by atoms with Crippen LogP contribution in [0.5, 0.6) is 11.5 Å². The number of nitrogens with one attached hydrogen (secondary N) is 2. The van der Waals surface area contributed by atoms with Gasteiger partial charge < -0.3 is 14.8 Å². The molecule has 0 bridgehead atoms. The van der Waals surface area contributed by atoms with Crippen LogP contribution in [-0.4, -0.2) is 39.8 Å². The van der Waals surface area contributed by atoms with E-state index in [-0.39, 0.29) is 34.8 Å². The quantitative estimate of drug-likeness (QED) is 0.808. The largest absolute Gasteiger partial charge is 0.486 e. The number of halogens is 1. The Bertz CT molecular complexity index is 933. The minimum absolute atomic E-state index is 0.141. The molecule has 3 rings (SSSR count). The summed E-state index contributed by atoms with van der Waals surface area (Å²) in [6.45, 7) is 0.565. The first-order chi connectivity index (χ1) is 12.3. The van der Waals surface area contributed by atoms with E-state index >= 15 is 0 Å². The molecule has 2 N–H and O–H groups in total. The van der Waals surface area contributed by atoms with Crippen molar-refractivity contribution in [1.29, 1.82) is 0 Å². The van der Waals surface area contributed by atoms with Crippen LogP contribution in [0.15, 0.2) is 42.5 Å². The van der Waals surface area contributed by atoms with Crippen molar-refractivity contribution in [1.82, 2.24) is 5.32 Å². The number of para-hydroxylation sites is 2. The SMILES string of the molecule is CS(=O)(=O)Nc1ccc(C(=O)NCC2COc3ccccc3O2)c(Cl)c1. The average molecular weight is 397 g/mol. The van der Waals surface area contributed by atoms with Gasteiger partial charge in [-0.15, -0.1) is 0 Å². The van der Waals surface area contributed by atoms with Crippen LogP contribution in [0.4, 0.5) is 5.69 Å². The fourth-order valence-electron chi connectivity index (χ4n) is 2.44. The van der Waals surface area contributed by atoms with Crippen molar-refractivity contribution in [2.24, 2.45) is 0 Å². The molecule has 0 radical (unpaired) electrons. The van der Waals surface area contributed by atoms with Gasteiger partial charge in [-0.2, -0.15) is 0 Å². The highest BCUT2D eigenvalue weighted by Crippen LogP contribution is 2.30. The van der Waals surface area contributed by atoms with Crippen molar-refractivity contribution in [2.75, 3.05) is 24.1 Å². The maximum Gasteiger partial charge on any atom is 0.252 e. The van der Waals surface area contributed by atoms with Crippen LogP contribution in [0.3, 0.4) is 0 Å². The molecule has 138 valence electrons. The third kappa shape index (κ3) is 4.59. The normalized spacial score (nSPS) is 16.0. The molecule has 2 aromatic rings. The summed E-state index contributed by atoms with van der Waals surface area (Å²) in [5, 5.41) is 2.88. The van der Waals surface area contributed by atoms with Gasteiger partial charge in [0.15, 0.2) is 11.5 Å². The smallest absolute Gasteiger partial charge is 0.252 e. The number of carbonyl (C=O) groups excluding carboxylic acids is 1. The topological polar surface area (TPSA) is 93.7 Å². The Morgan fingerprint density at radius 3 is 2.65 bits per heavy atom. The number of fused-ring (bicyclic) bond motifs is 1. The van der Waals surface area contributed by atoms with Crippen LogP contribution in [-0.2, 0) is 10.0 Å². The maximum absolute atomic E-state index is 12.3. The lowest BCUT2D eigenvalue weighted by atomic mass is 10.2. The molecule has 0 saturated heterocycles. The summed E-state index contributed by atoms with van der Waals surface area (Å²) in [5.74, 6) is 0.919. The number of anilines is 1. The van der Waals surface area contributed by atoms with Crippen molar-refractivity contribution < 1.29 is 22.7 Å². The molecule has 1 heterocycles. The Labute approximate surface area is 156 Å². The van der Waals surface area contributed by atoms with Crippen molar-refractivity contribution in [3.05, 3.63) is 53.1 Å².